The van der Waals surface area contributed by atoms with Crippen molar-refractivity contribution in [2.24, 2.45) is 5.73 Å². The summed E-state index contributed by atoms with van der Waals surface area (Å²) in [5, 5.41) is 0. The Hall–Kier alpha value is -2.68. The summed E-state index contributed by atoms with van der Waals surface area (Å²) in [5.41, 5.74) is 7.32. The van der Waals surface area contributed by atoms with Crippen molar-refractivity contribution in [1.82, 2.24) is 0 Å². The summed E-state index contributed by atoms with van der Waals surface area (Å²) in [6, 6.07) is 17.5. The largest absolute Gasteiger partial charge is 0.494 e. The van der Waals surface area contributed by atoms with Crippen LogP contribution in [0.3, 0.4) is 0 Å². The third-order valence-corrected chi connectivity index (χ3v) is 5.89. The molecule has 212 valence electrons. The van der Waals surface area contributed by atoms with E-state index in [0.717, 1.165) is 29.3 Å². The van der Waals surface area contributed by atoms with Gasteiger partial charge in [-0.2, -0.15) is 0 Å². The van der Waals surface area contributed by atoms with Crippen LogP contribution in [0.25, 0.3) is 0 Å². The van der Waals surface area contributed by atoms with Gasteiger partial charge in [0.25, 0.3) is 0 Å². The van der Waals surface area contributed by atoms with E-state index in [9.17, 15) is 9.59 Å². The van der Waals surface area contributed by atoms with E-state index < -0.39 is 6.09 Å². The fraction of sp³-hybridized carbons (Fsp3) is 0.533. The van der Waals surface area contributed by atoms with E-state index in [1.54, 1.807) is 7.11 Å². The summed E-state index contributed by atoms with van der Waals surface area (Å²) in [7, 11) is 1.39. The van der Waals surface area contributed by atoms with Crippen LogP contribution < -0.4 is 11.2 Å². The zero-order valence-corrected chi connectivity index (χ0v) is 25.0. The molecule has 0 radical (unpaired) electrons. The summed E-state index contributed by atoms with van der Waals surface area (Å²) in [6.07, 6.45) is 1.55. The van der Waals surface area contributed by atoms with Crippen molar-refractivity contribution in [3.63, 3.8) is 0 Å². The molecule has 3 rings (SSSR count). The molecule has 38 heavy (non-hydrogen) atoms. The number of hydrogen-bond acceptors (Lipinski definition) is 6. The average molecular weight is 530 g/mol. The van der Waals surface area contributed by atoms with E-state index >= 15 is 0 Å². The van der Waals surface area contributed by atoms with Crippen LogP contribution in [0.1, 0.15) is 79.9 Å². The van der Waals surface area contributed by atoms with Gasteiger partial charge in [-0.3, -0.25) is 0 Å². The molecule has 0 aliphatic carbocycles. The molecule has 1 amide bonds. The maximum atomic E-state index is 10.4. The van der Waals surface area contributed by atoms with E-state index in [-0.39, 0.29) is 30.5 Å². The minimum atomic E-state index is -0.742. The molecule has 1 fully saturated rings. The van der Waals surface area contributed by atoms with Gasteiger partial charge in [0.1, 0.15) is 12.9 Å². The normalized spacial score (nSPS) is 14.9. The lowest BCUT2D eigenvalue weighted by molar-refractivity contribution is -0.107. The zero-order chi connectivity index (χ0) is 29.4. The van der Waals surface area contributed by atoms with Gasteiger partial charge < -0.3 is 29.3 Å². The second-order valence-electron chi connectivity index (χ2n) is 10.4. The number of rotatable bonds is 6. The maximum Gasteiger partial charge on any atom is 0.494 e. The number of benzene rings is 2. The molecule has 8 heteroatoms. The number of carbonyl (C=O) groups is 2. The number of hydrogen-bond donors (Lipinski definition) is 1. The molecule has 0 spiro atoms. The highest BCUT2D eigenvalue weighted by atomic mass is 16.7. The Kier molecular flexibility index (Phi) is 15.8. The van der Waals surface area contributed by atoms with Crippen LogP contribution in [0.4, 0.5) is 4.79 Å². The van der Waals surface area contributed by atoms with Crippen LogP contribution in [0.2, 0.25) is 0 Å². The van der Waals surface area contributed by atoms with E-state index in [2.05, 4.69) is 4.74 Å². The number of aldehydes is 1. The molecular weight excluding hydrogens is 481 g/mol. The topological polar surface area (TPSA) is 97.1 Å². The van der Waals surface area contributed by atoms with Gasteiger partial charge in [-0.15, -0.1) is 0 Å². The van der Waals surface area contributed by atoms with Crippen molar-refractivity contribution in [3.8, 4) is 0 Å². The summed E-state index contributed by atoms with van der Waals surface area (Å²) in [5.74, 6) is 0. The van der Waals surface area contributed by atoms with Gasteiger partial charge in [0.05, 0.1) is 16.8 Å². The zero-order valence-electron chi connectivity index (χ0n) is 25.0. The Morgan fingerprint density at radius 1 is 0.921 bits per heavy atom. The highest BCUT2D eigenvalue weighted by molar-refractivity contribution is 6.62. The third-order valence-electron chi connectivity index (χ3n) is 5.89. The Morgan fingerprint density at radius 3 is 1.79 bits per heavy atom. The first-order chi connectivity index (χ1) is 17.7. The van der Waals surface area contributed by atoms with Crippen molar-refractivity contribution in [1.29, 1.82) is 0 Å². The number of ether oxygens (including phenoxy) is 2. The Balaban J connectivity index is 0.000000608. The van der Waals surface area contributed by atoms with Gasteiger partial charge in [-0.05, 0) is 71.5 Å². The predicted molar refractivity (Wildman–Crippen MR) is 155 cm³/mol. The quantitative estimate of drug-likeness (QED) is 0.372. The highest BCUT2D eigenvalue weighted by Gasteiger charge is 2.51. The molecule has 2 N–H and O–H groups in total. The minimum Gasteiger partial charge on any atom is -0.445 e. The number of carbonyl (C=O) groups excluding carboxylic acids is 2. The number of primary amides is 1. The Bertz CT molecular complexity index is 908. The highest BCUT2D eigenvalue weighted by Crippen LogP contribution is 2.36. The Labute approximate surface area is 230 Å². The summed E-state index contributed by atoms with van der Waals surface area (Å²) < 4.78 is 21.5. The molecule has 1 saturated heterocycles. The van der Waals surface area contributed by atoms with Crippen LogP contribution >= 0.6 is 0 Å². The monoisotopic (exact) mass is 529 g/mol. The van der Waals surface area contributed by atoms with E-state index in [0.29, 0.717) is 6.42 Å². The van der Waals surface area contributed by atoms with E-state index in [1.807, 2.05) is 117 Å². The molecule has 0 saturated carbocycles. The van der Waals surface area contributed by atoms with E-state index in [4.69, 9.17) is 19.8 Å². The van der Waals surface area contributed by atoms with Crippen molar-refractivity contribution in [2.75, 3.05) is 7.11 Å². The lowest BCUT2D eigenvalue weighted by atomic mass is 9.79. The fourth-order valence-corrected chi connectivity index (χ4v) is 2.77. The Morgan fingerprint density at radius 2 is 1.39 bits per heavy atom. The van der Waals surface area contributed by atoms with Crippen LogP contribution in [-0.2, 0) is 36.6 Å². The predicted octanol–water partition coefficient (Wildman–Crippen LogP) is 5.86. The fourth-order valence-electron chi connectivity index (χ4n) is 2.77. The van der Waals surface area contributed by atoms with Gasteiger partial charge >= 0.3 is 13.2 Å². The molecule has 0 aromatic heterocycles. The number of methoxy groups -OCH3 is 1. The molecule has 1 aliphatic heterocycles. The van der Waals surface area contributed by atoms with Crippen molar-refractivity contribution < 1.29 is 28.4 Å². The standard InChI is InChI=1S/C15H21BO3.C8H9NO2.C5H12O.C2H6/c1-14(2)15(3,4)19-16(18-14)13-9-7-12(8-10-13)6-5-11-17;9-8(10)11-6-7-4-2-1-3-5-7;1-5(2,3)6-4;1-2/h7-11H,5-6H2,1-4H3;1-5H,6H2,(H2,9,10);1-4H3;1-2H3. The molecule has 1 heterocycles. The van der Waals surface area contributed by atoms with Gasteiger partial charge in [0, 0.05) is 13.5 Å². The number of aryl methyl sites for hydroxylation is 1. The lowest BCUT2D eigenvalue weighted by Crippen LogP contribution is -2.41. The summed E-state index contributed by atoms with van der Waals surface area (Å²) in [4.78, 5) is 20.5. The molecule has 0 bridgehead atoms. The van der Waals surface area contributed by atoms with Gasteiger partial charge in [-0.25, -0.2) is 4.79 Å². The van der Waals surface area contributed by atoms with Crippen molar-refractivity contribution in [2.45, 2.75) is 98.6 Å². The molecule has 0 unspecified atom stereocenters. The second-order valence-corrected chi connectivity index (χ2v) is 10.4. The molecule has 0 atom stereocenters. The molecule has 2 aromatic rings. The van der Waals surface area contributed by atoms with Crippen LogP contribution in [-0.4, -0.2) is 43.4 Å². The molecular formula is C30H48BNO6. The third kappa shape index (κ3) is 13.7. The molecule has 7 nitrogen and oxygen atoms in total. The average Bonchev–Trinajstić information content (AvgIpc) is 3.10. The van der Waals surface area contributed by atoms with Crippen LogP contribution in [0.15, 0.2) is 54.6 Å². The van der Waals surface area contributed by atoms with Crippen LogP contribution in [0.5, 0.6) is 0 Å². The molecule has 2 aromatic carbocycles. The first-order valence-electron chi connectivity index (χ1n) is 13.1. The van der Waals surface area contributed by atoms with Crippen LogP contribution in [0, 0.1) is 0 Å². The SMILES string of the molecule is CC.CC1(C)OB(c2ccc(CCC=O)cc2)OC1(C)C.COC(C)(C)C.NC(=O)OCc1ccccc1. The van der Waals surface area contributed by atoms with Gasteiger partial charge in [0.15, 0.2) is 0 Å². The number of nitrogens with two attached hydrogens (primary N) is 1. The number of amides is 1. The molecule has 1 aliphatic rings. The summed E-state index contributed by atoms with van der Waals surface area (Å²) in [6.45, 7) is 18.5. The lowest BCUT2D eigenvalue weighted by Gasteiger charge is -2.32. The van der Waals surface area contributed by atoms with E-state index in [1.165, 1.54) is 0 Å². The maximum absolute atomic E-state index is 10.4. The first kappa shape index (κ1) is 35.3. The van der Waals surface area contributed by atoms with Gasteiger partial charge in [-0.1, -0.05) is 68.4 Å². The minimum absolute atomic E-state index is 0.0417. The summed E-state index contributed by atoms with van der Waals surface area (Å²) >= 11 is 0. The second kappa shape index (κ2) is 17.0. The van der Waals surface area contributed by atoms with Crippen molar-refractivity contribution in [3.05, 3.63) is 65.7 Å². The smallest absolute Gasteiger partial charge is 0.445 e. The first-order valence-corrected chi connectivity index (χ1v) is 13.1. The van der Waals surface area contributed by atoms with Crippen molar-refractivity contribution >= 4 is 25.0 Å². The van der Waals surface area contributed by atoms with Gasteiger partial charge in [0.2, 0.25) is 0 Å².